The van der Waals surface area contributed by atoms with Gasteiger partial charge in [-0.1, -0.05) is 61.5 Å². The normalized spacial score (nSPS) is 16.2. The topological polar surface area (TPSA) is 20.3 Å². The minimum absolute atomic E-state index is 0.191. The quantitative estimate of drug-likeness (QED) is 0.480. The van der Waals surface area contributed by atoms with E-state index in [9.17, 15) is 4.79 Å². The van der Waals surface area contributed by atoms with Crippen LogP contribution in [0, 0.1) is 0 Å². The van der Waals surface area contributed by atoms with Crippen molar-refractivity contribution in [2.75, 3.05) is 13.1 Å². The van der Waals surface area contributed by atoms with Crippen LogP contribution in [0.5, 0.6) is 0 Å². The summed E-state index contributed by atoms with van der Waals surface area (Å²) in [4.78, 5) is 16.5. The summed E-state index contributed by atoms with van der Waals surface area (Å²) >= 11 is 7.35. The molecule has 2 aromatic rings. The van der Waals surface area contributed by atoms with E-state index < -0.39 is 0 Å². The highest BCUT2D eigenvalue weighted by atomic mass is 35.5. The largest absolute Gasteiger partial charge is 0.300 e. The van der Waals surface area contributed by atoms with Crippen LogP contribution in [0.4, 0.5) is 0 Å². The molecule has 4 heteroatoms. The number of hydrogen-bond donors (Lipinski definition) is 0. The van der Waals surface area contributed by atoms with Crippen LogP contribution in [0.3, 0.4) is 0 Å². The third-order valence-electron chi connectivity index (χ3n) is 5.44. The maximum atomic E-state index is 12.7. The number of aryl methyl sites for hydroxylation is 1. The Morgan fingerprint density at radius 3 is 2.50 bits per heavy atom. The van der Waals surface area contributed by atoms with Crippen LogP contribution < -0.4 is 0 Å². The van der Waals surface area contributed by atoms with Crippen molar-refractivity contribution in [3.05, 3.63) is 64.2 Å². The van der Waals surface area contributed by atoms with Crippen LogP contribution in [0.15, 0.2) is 47.4 Å². The van der Waals surface area contributed by atoms with Crippen molar-refractivity contribution in [2.24, 2.45) is 0 Å². The molecule has 2 aromatic carbocycles. The molecule has 1 aliphatic carbocycles. The molecule has 28 heavy (non-hydrogen) atoms. The number of nitrogens with zero attached hydrogens (tertiary/aromatic N) is 1. The fourth-order valence-electron chi connectivity index (χ4n) is 4.12. The van der Waals surface area contributed by atoms with Crippen molar-refractivity contribution in [1.29, 1.82) is 0 Å². The summed E-state index contributed by atoms with van der Waals surface area (Å²) in [5.41, 5.74) is 3.83. The zero-order valence-corrected chi connectivity index (χ0v) is 18.5. The lowest BCUT2D eigenvalue weighted by Crippen LogP contribution is -2.40. The molecular formula is C24H30ClNOS. The second-order valence-corrected chi connectivity index (χ2v) is 9.14. The third-order valence-corrected chi connectivity index (χ3v) is 6.67. The van der Waals surface area contributed by atoms with E-state index >= 15 is 0 Å². The number of benzene rings is 2. The Balaban J connectivity index is 1.72. The van der Waals surface area contributed by atoms with Crippen molar-refractivity contribution in [3.8, 4) is 0 Å². The van der Waals surface area contributed by atoms with Gasteiger partial charge in [-0.25, -0.2) is 0 Å². The summed E-state index contributed by atoms with van der Waals surface area (Å²) in [5, 5.41) is 0.896. The van der Waals surface area contributed by atoms with Gasteiger partial charge in [0.1, 0.15) is 0 Å². The summed E-state index contributed by atoms with van der Waals surface area (Å²) < 4.78 is 0. The molecule has 3 rings (SSSR count). The minimum atomic E-state index is 0.191. The van der Waals surface area contributed by atoms with Gasteiger partial charge in [-0.05, 0) is 80.1 Å². The van der Waals surface area contributed by atoms with Gasteiger partial charge in [-0.15, -0.1) is 0 Å². The third kappa shape index (κ3) is 5.62. The lowest BCUT2D eigenvalue weighted by Gasteiger charge is -2.35. The van der Waals surface area contributed by atoms with Crippen LogP contribution in [0.1, 0.15) is 49.8 Å². The van der Waals surface area contributed by atoms with Crippen LogP contribution in [0.25, 0.3) is 0 Å². The Morgan fingerprint density at radius 2 is 1.82 bits per heavy atom. The monoisotopic (exact) mass is 415 g/mol. The number of halogens is 1. The summed E-state index contributed by atoms with van der Waals surface area (Å²) in [5.74, 6) is 0. The molecule has 0 saturated carbocycles. The molecule has 0 fully saturated rings. The molecular weight excluding hydrogens is 386 g/mol. The van der Waals surface area contributed by atoms with Gasteiger partial charge in [0.2, 0.25) is 0 Å². The molecule has 1 unspecified atom stereocenters. The van der Waals surface area contributed by atoms with E-state index in [0.29, 0.717) is 17.5 Å². The number of fused-ring (bicyclic) bond motifs is 1. The molecule has 0 aliphatic heterocycles. The number of hydrogen-bond acceptors (Lipinski definition) is 3. The van der Waals surface area contributed by atoms with Gasteiger partial charge in [0, 0.05) is 22.4 Å². The maximum Gasteiger partial charge on any atom is 0.198 e. The van der Waals surface area contributed by atoms with E-state index in [0.717, 1.165) is 23.3 Å². The van der Waals surface area contributed by atoms with Gasteiger partial charge >= 0.3 is 0 Å². The van der Waals surface area contributed by atoms with Gasteiger partial charge in [0.25, 0.3) is 0 Å². The van der Waals surface area contributed by atoms with E-state index in [2.05, 4.69) is 36.9 Å². The van der Waals surface area contributed by atoms with E-state index in [-0.39, 0.29) is 5.12 Å². The van der Waals surface area contributed by atoms with Gasteiger partial charge in [-0.3, -0.25) is 4.79 Å². The highest BCUT2D eigenvalue weighted by Crippen LogP contribution is 2.33. The Bertz CT molecular complexity index is 784. The number of thioether (sulfide) groups is 1. The highest BCUT2D eigenvalue weighted by Gasteiger charge is 2.25. The standard InChI is InChI=1S/C24H30ClNOS/c1-3-14-26(15-4-2)21-13-10-19-6-5-7-23(22(19)17-21)28-24(27)16-18-8-11-20(25)12-9-18/h5-9,11-12,21H,3-4,10,13-17H2,1-2H3. The molecule has 0 amide bonds. The zero-order chi connectivity index (χ0) is 19.9. The molecule has 0 saturated heterocycles. The van der Waals surface area contributed by atoms with E-state index in [4.69, 9.17) is 11.6 Å². The first-order valence-corrected chi connectivity index (χ1v) is 11.6. The first kappa shape index (κ1) is 21.4. The minimum Gasteiger partial charge on any atom is -0.300 e. The first-order valence-electron chi connectivity index (χ1n) is 10.4. The second-order valence-electron chi connectivity index (χ2n) is 7.60. The molecule has 1 atom stereocenters. The zero-order valence-electron chi connectivity index (χ0n) is 16.9. The molecule has 0 aromatic heterocycles. The lowest BCUT2D eigenvalue weighted by molar-refractivity contribution is -0.110. The number of carbonyl (C=O) groups is 1. The molecule has 0 N–H and O–H groups in total. The second kappa shape index (κ2) is 10.5. The van der Waals surface area contributed by atoms with E-state index in [1.165, 1.54) is 55.2 Å². The predicted molar refractivity (Wildman–Crippen MR) is 120 cm³/mol. The molecule has 0 heterocycles. The molecule has 0 bridgehead atoms. The van der Waals surface area contributed by atoms with Gasteiger partial charge in [0.15, 0.2) is 5.12 Å². The smallest absolute Gasteiger partial charge is 0.198 e. The SMILES string of the molecule is CCCN(CCC)C1CCc2cccc(SC(=O)Cc3ccc(Cl)cc3)c2C1. The van der Waals surface area contributed by atoms with Crippen molar-refractivity contribution < 1.29 is 4.79 Å². The van der Waals surface area contributed by atoms with Gasteiger partial charge in [-0.2, -0.15) is 0 Å². The highest BCUT2D eigenvalue weighted by molar-refractivity contribution is 8.13. The van der Waals surface area contributed by atoms with E-state index in [1.54, 1.807) is 0 Å². The van der Waals surface area contributed by atoms with Crippen LogP contribution in [0.2, 0.25) is 5.02 Å². The summed E-state index contributed by atoms with van der Waals surface area (Å²) in [6.45, 7) is 6.85. The Morgan fingerprint density at radius 1 is 1.11 bits per heavy atom. The number of carbonyl (C=O) groups excluding carboxylic acids is 1. The fraction of sp³-hybridized carbons (Fsp3) is 0.458. The molecule has 0 spiro atoms. The van der Waals surface area contributed by atoms with Crippen LogP contribution in [-0.2, 0) is 24.1 Å². The summed E-state index contributed by atoms with van der Waals surface area (Å²) in [7, 11) is 0. The van der Waals surface area contributed by atoms with Crippen molar-refractivity contribution in [2.45, 2.75) is 63.3 Å². The van der Waals surface area contributed by atoms with Gasteiger partial charge < -0.3 is 4.90 Å². The summed E-state index contributed by atoms with van der Waals surface area (Å²) in [6.07, 6.45) is 6.22. The average molecular weight is 416 g/mol. The molecule has 0 radical (unpaired) electrons. The molecule has 2 nitrogen and oxygen atoms in total. The summed E-state index contributed by atoms with van der Waals surface area (Å²) in [6, 6.07) is 14.6. The fourth-order valence-corrected chi connectivity index (χ4v) is 5.22. The van der Waals surface area contributed by atoms with Crippen molar-refractivity contribution >= 4 is 28.5 Å². The Labute approximate surface area is 178 Å². The van der Waals surface area contributed by atoms with Crippen LogP contribution >= 0.6 is 23.4 Å². The molecule has 1 aliphatic rings. The predicted octanol–water partition coefficient (Wildman–Crippen LogP) is 6.18. The Kier molecular flexibility index (Phi) is 8.01. The Hall–Kier alpha value is -1.29. The molecule has 150 valence electrons. The lowest BCUT2D eigenvalue weighted by atomic mass is 9.87. The van der Waals surface area contributed by atoms with Crippen molar-refractivity contribution in [1.82, 2.24) is 4.90 Å². The van der Waals surface area contributed by atoms with Gasteiger partial charge in [0.05, 0.1) is 0 Å². The first-order chi connectivity index (χ1) is 13.6. The van der Waals surface area contributed by atoms with E-state index in [1.807, 2.05) is 24.3 Å². The number of rotatable bonds is 8. The van der Waals surface area contributed by atoms with Crippen molar-refractivity contribution in [3.63, 3.8) is 0 Å². The average Bonchev–Trinajstić information content (AvgIpc) is 2.69. The van der Waals surface area contributed by atoms with Crippen LogP contribution in [-0.4, -0.2) is 29.1 Å². The maximum absolute atomic E-state index is 12.7.